The Labute approximate surface area is 192 Å². The highest BCUT2D eigenvalue weighted by Crippen LogP contribution is 2.31. The minimum atomic E-state index is -0.677. The molecule has 0 aliphatic rings. The van der Waals surface area contributed by atoms with Crippen LogP contribution >= 0.6 is 39.1 Å². The molecule has 3 aromatic carbocycles. The van der Waals surface area contributed by atoms with Crippen LogP contribution in [-0.4, -0.2) is 17.9 Å². The number of carbonyl (C=O) groups is 2. The number of hydrogen-bond acceptors (Lipinski definition) is 4. The van der Waals surface area contributed by atoms with Crippen LogP contribution in [0.1, 0.15) is 21.5 Å². The molecule has 0 aliphatic heterocycles. The van der Waals surface area contributed by atoms with E-state index in [4.69, 9.17) is 27.9 Å². The zero-order valence-corrected chi connectivity index (χ0v) is 18.9. The Kier molecular flexibility index (Phi) is 7.37. The molecule has 154 valence electrons. The van der Waals surface area contributed by atoms with Gasteiger partial charge >= 0.3 is 6.09 Å². The van der Waals surface area contributed by atoms with Gasteiger partial charge in [0.15, 0.2) is 11.8 Å². The molecule has 30 heavy (non-hydrogen) atoms. The Morgan fingerprint density at radius 1 is 1.00 bits per heavy atom. The SMILES string of the molecule is Cc1ccccc1C(=O)c1ccc(Nc2ccc(Br)cc2NC(=O)OCCl)cc1Cl. The summed E-state index contributed by atoms with van der Waals surface area (Å²) in [5, 5.41) is 6.13. The molecule has 1 amide bonds. The molecule has 2 N–H and O–H groups in total. The minimum Gasteiger partial charge on any atom is -0.433 e. The van der Waals surface area contributed by atoms with Crippen molar-refractivity contribution in [2.24, 2.45) is 0 Å². The van der Waals surface area contributed by atoms with Crippen LogP contribution in [0.4, 0.5) is 21.9 Å². The largest absolute Gasteiger partial charge is 0.433 e. The van der Waals surface area contributed by atoms with Gasteiger partial charge < -0.3 is 10.1 Å². The number of aryl methyl sites for hydroxylation is 1. The van der Waals surface area contributed by atoms with Crippen molar-refractivity contribution < 1.29 is 14.3 Å². The number of amides is 1. The highest BCUT2D eigenvalue weighted by molar-refractivity contribution is 9.10. The summed E-state index contributed by atoms with van der Waals surface area (Å²) in [6.45, 7) is 1.88. The first kappa shape index (κ1) is 22.2. The number of benzene rings is 3. The molecule has 0 aliphatic carbocycles. The van der Waals surface area contributed by atoms with E-state index in [0.717, 1.165) is 10.0 Å². The van der Waals surface area contributed by atoms with Crippen molar-refractivity contribution in [2.45, 2.75) is 6.92 Å². The molecule has 0 radical (unpaired) electrons. The maximum absolute atomic E-state index is 12.8. The van der Waals surface area contributed by atoms with E-state index in [2.05, 4.69) is 26.6 Å². The fourth-order valence-electron chi connectivity index (χ4n) is 2.83. The number of rotatable bonds is 6. The van der Waals surface area contributed by atoms with E-state index >= 15 is 0 Å². The predicted octanol–water partition coefficient (Wildman–Crippen LogP) is 7.13. The van der Waals surface area contributed by atoms with Crippen molar-refractivity contribution in [2.75, 3.05) is 16.7 Å². The second-order valence-electron chi connectivity index (χ2n) is 6.32. The lowest BCUT2D eigenvalue weighted by atomic mass is 9.99. The summed E-state index contributed by atoms with van der Waals surface area (Å²) in [5.74, 6) is -0.139. The molecule has 0 saturated carbocycles. The maximum Gasteiger partial charge on any atom is 0.412 e. The number of carbonyl (C=O) groups excluding carboxylic acids is 2. The number of alkyl halides is 1. The lowest BCUT2D eigenvalue weighted by Gasteiger charge is -2.14. The lowest BCUT2D eigenvalue weighted by molar-refractivity contribution is 0.103. The second-order valence-corrected chi connectivity index (χ2v) is 7.86. The zero-order valence-electron chi connectivity index (χ0n) is 15.8. The van der Waals surface area contributed by atoms with E-state index in [9.17, 15) is 9.59 Å². The van der Waals surface area contributed by atoms with Gasteiger partial charge in [-0.3, -0.25) is 10.1 Å². The molecule has 0 saturated heterocycles. The summed E-state index contributed by atoms with van der Waals surface area (Å²) < 4.78 is 5.49. The van der Waals surface area contributed by atoms with Crippen molar-refractivity contribution in [3.05, 3.63) is 86.8 Å². The molecule has 0 heterocycles. The Hall–Kier alpha value is -2.54. The van der Waals surface area contributed by atoms with Gasteiger partial charge in [-0.2, -0.15) is 0 Å². The molecule has 3 rings (SSSR count). The number of ketones is 1. The monoisotopic (exact) mass is 506 g/mol. The summed E-state index contributed by atoms with van der Waals surface area (Å²) in [6, 6.07) is 17.5. The van der Waals surface area contributed by atoms with Crippen LogP contribution in [0.5, 0.6) is 0 Å². The van der Waals surface area contributed by atoms with Crippen molar-refractivity contribution >= 4 is 68.1 Å². The van der Waals surface area contributed by atoms with Gasteiger partial charge in [0.2, 0.25) is 0 Å². The standard InChI is InChI=1S/C22H17BrCl2N2O3/c1-13-4-2-3-5-16(13)21(28)17-8-7-15(11-18(17)25)26-19-9-6-14(23)10-20(19)27-22(29)30-12-24/h2-11,26H,12H2,1H3,(H,27,29). The number of anilines is 3. The molecule has 0 spiro atoms. The van der Waals surface area contributed by atoms with Crippen LogP contribution in [0.3, 0.4) is 0 Å². The van der Waals surface area contributed by atoms with E-state index < -0.39 is 6.09 Å². The normalized spacial score (nSPS) is 10.4. The van der Waals surface area contributed by atoms with Gasteiger partial charge in [0.25, 0.3) is 0 Å². The quantitative estimate of drug-likeness (QED) is 0.275. The zero-order chi connectivity index (χ0) is 21.7. The van der Waals surface area contributed by atoms with Gasteiger partial charge in [-0.05, 0) is 48.9 Å². The summed E-state index contributed by atoms with van der Waals surface area (Å²) in [4.78, 5) is 24.6. The molecule has 3 aromatic rings. The van der Waals surface area contributed by atoms with E-state index in [1.807, 2.05) is 31.2 Å². The van der Waals surface area contributed by atoms with Crippen LogP contribution in [0.25, 0.3) is 0 Å². The first-order valence-electron chi connectivity index (χ1n) is 8.85. The Balaban J connectivity index is 1.85. The Bertz CT molecular complexity index is 1110. The van der Waals surface area contributed by atoms with Crippen LogP contribution in [-0.2, 0) is 4.74 Å². The topological polar surface area (TPSA) is 67.4 Å². The molecule has 5 nitrogen and oxygen atoms in total. The van der Waals surface area contributed by atoms with Crippen LogP contribution in [0, 0.1) is 6.92 Å². The average Bonchev–Trinajstić information content (AvgIpc) is 2.70. The van der Waals surface area contributed by atoms with Gasteiger partial charge in [-0.1, -0.05) is 63.4 Å². The van der Waals surface area contributed by atoms with Gasteiger partial charge in [0.1, 0.15) is 0 Å². The van der Waals surface area contributed by atoms with Gasteiger partial charge in [0, 0.05) is 21.3 Å². The molecule has 0 fully saturated rings. The van der Waals surface area contributed by atoms with E-state index in [1.54, 1.807) is 36.4 Å². The van der Waals surface area contributed by atoms with Crippen molar-refractivity contribution in [1.29, 1.82) is 0 Å². The fraction of sp³-hybridized carbons (Fsp3) is 0.0909. The summed E-state index contributed by atoms with van der Waals surface area (Å²) in [5.41, 5.74) is 3.65. The third-order valence-electron chi connectivity index (χ3n) is 4.29. The average molecular weight is 508 g/mol. The van der Waals surface area contributed by atoms with E-state index in [0.29, 0.717) is 33.2 Å². The summed E-state index contributed by atoms with van der Waals surface area (Å²) in [6.07, 6.45) is -0.677. The summed E-state index contributed by atoms with van der Waals surface area (Å²) >= 11 is 15.2. The molecule has 0 bridgehead atoms. The Morgan fingerprint density at radius 3 is 2.47 bits per heavy atom. The van der Waals surface area contributed by atoms with E-state index in [-0.39, 0.29) is 11.8 Å². The molecule has 0 atom stereocenters. The molecule has 8 heteroatoms. The van der Waals surface area contributed by atoms with Gasteiger partial charge in [0.05, 0.1) is 16.4 Å². The lowest BCUT2D eigenvalue weighted by Crippen LogP contribution is -2.14. The minimum absolute atomic E-state index is 0.139. The van der Waals surface area contributed by atoms with Crippen molar-refractivity contribution in [1.82, 2.24) is 0 Å². The molecule has 0 aromatic heterocycles. The highest BCUT2D eigenvalue weighted by atomic mass is 79.9. The number of halogens is 3. The van der Waals surface area contributed by atoms with Crippen molar-refractivity contribution in [3.8, 4) is 0 Å². The van der Waals surface area contributed by atoms with E-state index in [1.165, 1.54) is 0 Å². The molecular formula is C22H17BrCl2N2O3. The van der Waals surface area contributed by atoms with Gasteiger partial charge in [-0.15, -0.1) is 0 Å². The first-order chi connectivity index (χ1) is 14.4. The predicted molar refractivity (Wildman–Crippen MR) is 124 cm³/mol. The molecular weight excluding hydrogens is 491 g/mol. The Morgan fingerprint density at radius 2 is 1.77 bits per heavy atom. The van der Waals surface area contributed by atoms with Crippen LogP contribution in [0.2, 0.25) is 5.02 Å². The maximum atomic E-state index is 12.8. The second kappa shape index (κ2) is 9.98. The number of nitrogens with one attached hydrogen (secondary N) is 2. The van der Waals surface area contributed by atoms with Crippen molar-refractivity contribution in [3.63, 3.8) is 0 Å². The number of hydrogen-bond donors (Lipinski definition) is 2. The third-order valence-corrected chi connectivity index (χ3v) is 5.20. The fourth-order valence-corrected chi connectivity index (χ4v) is 3.56. The highest BCUT2D eigenvalue weighted by Gasteiger charge is 2.16. The van der Waals surface area contributed by atoms with Gasteiger partial charge in [-0.25, -0.2) is 4.79 Å². The summed E-state index contributed by atoms with van der Waals surface area (Å²) in [7, 11) is 0. The van der Waals surface area contributed by atoms with Crippen LogP contribution < -0.4 is 10.6 Å². The first-order valence-corrected chi connectivity index (χ1v) is 10.6. The molecule has 0 unspecified atom stereocenters. The van der Waals surface area contributed by atoms with Crippen LogP contribution in [0.15, 0.2) is 65.1 Å². The third kappa shape index (κ3) is 5.33. The number of ether oxygens (including phenoxy) is 1. The smallest absolute Gasteiger partial charge is 0.412 e.